The summed E-state index contributed by atoms with van der Waals surface area (Å²) in [6.45, 7) is 1.91. The SMILES string of the molecule is CC(Sc1nnc(C2CCCCC2)n1-c1ccccc1)C(=O)Nc1ccccc1. The Balaban J connectivity index is 1.58. The monoisotopic (exact) mass is 406 g/mol. The summed E-state index contributed by atoms with van der Waals surface area (Å²) in [4.78, 5) is 12.7. The number of nitrogens with one attached hydrogen (secondary N) is 1. The number of benzene rings is 2. The van der Waals surface area contributed by atoms with Gasteiger partial charge in [-0.3, -0.25) is 9.36 Å². The van der Waals surface area contributed by atoms with Crippen LogP contribution < -0.4 is 5.32 Å². The quantitative estimate of drug-likeness (QED) is 0.554. The minimum atomic E-state index is -0.291. The van der Waals surface area contributed by atoms with Gasteiger partial charge >= 0.3 is 0 Å². The van der Waals surface area contributed by atoms with Crippen LogP contribution in [-0.2, 0) is 4.79 Å². The van der Waals surface area contributed by atoms with Crippen molar-refractivity contribution in [2.24, 2.45) is 0 Å². The fourth-order valence-electron chi connectivity index (χ4n) is 3.78. The molecule has 3 aromatic rings. The van der Waals surface area contributed by atoms with E-state index in [0.29, 0.717) is 5.92 Å². The van der Waals surface area contributed by atoms with Crippen molar-refractivity contribution >= 4 is 23.4 Å². The van der Waals surface area contributed by atoms with Crippen LogP contribution in [0.15, 0.2) is 65.8 Å². The standard InChI is InChI=1S/C23H26N4OS/c1-17(22(28)24-19-13-7-3-8-14-19)29-23-26-25-21(18-11-5-2-6-12-18)27(23)20-15-9-4-10-16-20/h3-4,7-10,13-18H,2,5-6,11-12H2,1H3,(H,24,28). The van der Waals surface area contributed by atoms with Crippen LogP contribution >= 0.6 is 11.8 Å². The number of carbonyl (C=O) groups excluding carboxylic acids is 1. The molecule has 0 saturated heterocycles. The maximum atomic E-state index is 12.7. The Kier molecular flexibility index (Phi) is 6.30. The molecule has 0 spiro atoms. The molecular weight excluding hydrogens is 380 g/mol. The Morgan fingerprint density at radius 2 is 1.66 bits per heavy atom. The summed E-state index contributed by atoms with van der Waals surface area (Å²) in [5.74, 6) is 1.41. The van der Waals surface area contributed by atoms with E-state index in [4.69, 9.17) is 0 Å². The minimum Gasteiger partial charge on any atom is -0.325 e. The summed E-state index contributed by atoms with van der Waals surface area (Å²) in [6, 6.07) is 19.8. The molecular formula is C23H26N4OS. The second kappa shape index (κ2) is 9.27. The number of thioether (sulfide) groups is 1. The fraction of sp³-hybridized carbons (Fsp3) is 0.348. The predicted octanol–water partition coefficient (Wildman–Crippen LogP) is 5.43. The van der Waals surface area contributed by atoms with Crippen molar-refractivity contribution in [1.82, 2.24) is 14.8 Å². The van der Waals surface area contributed by atoms with Gasteiger partial charge in [-0.2, -0.15) is 0 Å². The lowest BCUT2D eigenvalue weighted by molar-refractivity contribution is -0.115. The lowest BCUT2D eigenvalue weighted by Gasteiger charge is -2.22. The van der Waals surface area contributed by atoms with Crippen molar-refractivity contribution in [3.63, 3.8) is 0 Å². The Labute approximate surface area is 175 Å². The Morgan fingerprint density at radius 1 is 1.00 bits per heavy atom. The summed E-state index contributed by atoms with van der Waals surface area (Å²) in [6.07, 6.45) is 6.09. The highest BCUT2D eigenvalue weighted by Crippen LogP contribution is 2.35. The summed E-state index contributed by atoms with van der Waals surface area (Å²) < 4.78 is 2.15. The first-order valence-electron chi connectivity index (χ1n) is 10.3. The van der Waals surface area contributed by atoms with Crippen molar-refractivity contribution in [2.75, 3.05) is 5.32 Å². The molecule has 2 aromatic carbocycles. The van der Waals surface area contributed by atoms with Gasteiger partial charge in [-0.15, -0.1) is 10.2 Å². The molecule has 1 aromatic heterocycles. The molecule has 1 aliphatic rings. The molecule has 29 heavy (non-hydrogen) atoms. The molecule has 0 aliphatic heterocycles. The van der Waals surface area contributed by atoms with E-state index in [1.54, 1.807) is 0 Å². The van der Waals surface area contributed by atoms with Gasteiger partial charge < -0.3 is 5.32 Å². The molecule has 1 fully saturated rings. The van der Waals surface area contributed by atoms with Crippen LogP contribution in [0.5, 0.6) is 0 Å². The van der Waals surface area contributed by atoms with Crippen molar-refractivity contribution in [1.29, 1.82) is 0 Å². The molecule has 1 saturated carbocycles. The summed E-state index contributed by atoms with van der Waals surface area (Å²) in [7, 11) is 0. The highest BCUT2D eigenvalue weighted by atomic mass is 32.2. The molecule has 1 N–H and O–H groups in total. The number of amides is 1. The zero-order valence-corrected chi connectivity index (χ0v) is 17.4. The molecule has 1 heterocycles. The van der Waals surface area contributed by atoms with Crippen molar-refractivity contribution < 1.29 is 4.79 Å². The third kappa shape index (κ3) is 4.70. The third-order valence-corrected chi connectivity index (χ3v) is 6.38. The molecule has 1 atom stereocenters. The molecule has 1 unspecified atom stereocenters. The largest absolute Gasteiger partial charge is 0.325 e. The summed E-state index contributed by atoms with van der Waals surface area (Å²) in [5.41, 5.74) is 1.86. The van der Waals surface area contributed by atoms with E-state index < -0.39 is 0 Å². The van der Waals surface area contributed by atoms with Crippen LogP contribution in [0, 0.1) is 0 Å². The van der Waals surface area contributed by atoms with E-state index in [0.717, 1.165) is 35.2 Å². The first-order chi connectivity index (χ1) is 14.2. The predicted molar refractivity (Wildman–Crippen MR) is 118 cm³/mol. The van der Waals surface area contributed by atoms with Crippen LogP contribution in [0.2, 0.25) is 0 Å². The van der Waals surface area contributed by atoms with Crippen molar-refractivity contribution in [3.05, 3.63) is 66.5 Å². The van der Waals surface area contributed by atoms with E-state index in [-0.39, 0.29) is 11.2 Å². The average molecular weight is 407 g/mol. The van der Waals surface area contributed by atoms with Gasteiger partial charge in [-0.1, -0.05) is 67.4 Å². The fourth-order valence-corrected chi connectivity index (χ4v) is 4.65. The first-order valence-corrected chi connectivity index (χ1v) is 11.1. The Bertz CT molecular complexity index is 936. The molecule has 0 radical (unpaired) electrons. The topological polar surface area (TPSA) is 59.8 Å². The maximum absolute atomic E-state index is 12.7. The zero-order valence-electron chi connectivity index (χ0n) is 16.6. The van der Waals surface area contributed by atoms with Gasteiger partial charge in [0, 0.05) is 17.3 Å². The molecule has 4 rings (SSSR count). The number of nitrogens with zero attached hydrogens (tertiary/aromatic N) is 3. The zero-order chi connectivity index (χ0) is 20.1. The van der Waals surface area contributed by atoms with Gasteiger partial charge in [-0.05, 0) is 44.0 Å². The van der Waals surface area contributed by atoms with Crippen LogP contribution in [0.1, 0.15) is 50.8 Å². The number of carbonyl (C=O) groups is 1. The van der Waals surface area contributed by atoms with Gasteiger partial charge in [0.2, 0.25) is 5.91 Å². The third-order valence-electron chi connectivity index (χ3n) is 5.34. The van der Waals surface area contributed by atoms with Crippen molar-refractivity contribution in [3.8, 4) is 5.69 Å². The van der Waals surface area contributed by atoms with Crippen LogP contribution in [-0.4, -0.2) is 25.9 Å². The number of hydrogen-bond acceptors (Lipinski definition) is 4. The van der Waals surface area contributed by atoms with Gasteiger partial charge in [0.05, 0.1) is 5.25 Å². The lowest BCUT2D eigenvalue weighted by atomic mass is 9.88. The van der Waals surface area contributed by atoms with Crippen molar-refractivity contribution in [2.45, 2.75) is 55.4 Å². The molecule has 150 valence electrons. The van der Waals surface area contributed by atoms with Crippen LogP contribution in [0.3, 0.4) is 0 Å². The van der Waals surface area contributed by atoms with E-state index in [2.05, 4.69) is 32.2 Å². The Hall–Kier alpha value is -2.60. The number of aromatic nitrogens is 3. The highest BCUT2D eigenvalue weighted by molar-refractivity contribution is 8.00. The first kappa shape index (κ1) is 19.7. The van der Waals surface area contributed by atoms with Crippen LogP contribution in [0.25, 0.3) is 5.69 Å². The van der Waals surface area contributed by atoms with Gasteiger partial charge in [-0.25, -0.2) is 0 Å². The van der Waals surface area contributed by atoms with E-state index in [1.165, 1.54) is 31.0 Å². The highest BCUT2D eigenvalue weighted by Gasteiger charge is 2.26. The normalized spacial score (nSPS) is 15.8. The number of rotatable bonds is 6. The van der Waals surface area contributed by atoms with Crippen LogP contribution in [0.4, 0.5) is 5.69 Å². The summed E-state index contributed by atoms with van der Waals surface area (Å²) in [5, 5.41) is 12.5. The molecule has 1 aliphatic carbocycles. The van der Waals surface area contributed by atoms with Gasteiger partial charge in [0.25, 0.3) is 0 Å². The average Bonchev–Trinajstić information content (AvgIpc) is 3.19. The second-order valence-corrected chi connectivity index (χ2v) is 8.77. The summed E-state index contributed by atoms with van der Waals surface area (Å²) >= 11 is 1.45. The number of anilines is 1. The molecule has 1 amide bonds. The Morgan fingerprint density at radius 3 is 2.34 bits per heavy atom. The van der Waals surface area contributed by atoms with Gasteiger partial charge in [0.15, 0.2) is 5.16 Å². The lowest BCUT2D eigenvalue weighted by Crippen LogP contribution is -2.23. The van der Waals surface area contributed by atoms with E-state index >= 15 is 0 Å². The number of para-hydroxylation sites is 2. The van der Waals surface area contributed by atoms with E-state index in [9.17, 15) is 4.79 Å². The smallest absolute Gasteiger partial charge is 0.237 e. The molecule has 5 nitrogen and oxygen atoms in total. The number of hydrogen-bond donors (Lipinski definition) is 1. The maximum Gasteiger partial charge on any atom is 0.237 e. The van der Waals surface area contributed by atoms with E-state index in [1.807, 2.05) is 55.5 Å². The molecule has 6 heteroatoms. The second-order valence-electron chi connectivity index (χ2n) is 7.46. The molecule has 0 bridgehead atoms. The van der Waals surface area contributed by atoms with Gasteiger partial charge in [0.1, 0.15) is 5.82 Å². The minimum absolute atomic E-state index is 0.0389.